The van der Waals surface area contributed by atoms with Gasteiger partial charge in [-0.05, 0) is 66.5 Å². The smallest absolute Gasteiger partial charge is 0.150 e. The lowest BCUT2D eigenvalue weighted by molar-refractivity contribution is 0.112. The van der Waals surface area contributed by atoms with Gasteiger partial charge in [-0.1, -0.05) is 24.3 Å². The van der Waals surface area contributed by atoms with Gasteiger partial charge in [0.25, 0.3) is 0 Å². The van der Waals surface area contributed by atoms with Crippen molar-refractivity contribution < 1.29 is 9.53 Å². The maximum atomic E-state index is 11.7. The fourth-order valence-corrected chi connectivity index (χ4v) is 3.86. The van der Waals surface area contributed by atoms with Crippen LogP contribution in [-0.4, -0.2) is 26.5 Å². The molecule has 0 bridgehead atoms. The number of benzene rings is 2. The fourth-order valence-electron chi connectivity index (χ4n) is 3.86. The summed E-state index contributed by atoms with van der Waals surface area (Å²) in [5.41, 5.74) is 5.53. The molecule has 3 heteroatoms. The molecule has 2 aliphatic rings. The normalized spacial score (nSPS) is 20.1. The van der Waals surface area contributed by atoms with Gasteiger partial charge in [0.05, 0.1) is 7.11 Å². The molecule has 1 atom stereocenters. The van der Waals surface area contributed by atoms with Crippen LogP contribution in [0.5, 0.6) is 5.75 Å². The second kappa shape index (κ2) is 6.40. The van der Waals surface area contributed by atoms with Gasteiger partial charge in [0.1, 0.15) is 12.0 Å². The molecule has 124 valence electrons. The van der Waals surface area contributed by atoms with E-state index in [2.05, 4.69) is 35.6 Å². The minimum atomic E-state index is 0.395. The zero-order valence-electron chi connectivity index (χ0n) is 14.0. The van der Waals surface area contributed by atoms with Gasteiger partial charge in [-0.25, -0.2) is 0 Å². The minimum absolute atomic E-state index is 0.395. The van der Waals surface area contributed by atoms with Gasteiger partial charge in [0.2, 0.25) is 0 Å². The van der Waals surface area contributed by atoms with Crippen molar-refractivity contribution in [3.05, 3.63) is 53.1 Å². The van der Waals surface area contributed by atoms with Crippen LogP contribution in [0.4, 0.5) is 0 Å². The average Bonchev–Trinajstić information content (AvgIpc) is 3.34. The van der Waals surface area contributed by atoms with E-state index in [0.717, 1.165) is 48.2 Å². The van der Waals surface area contributed by atoms with Gasteiger partial charge in [0, 0.05) is 17.7 Å². The van der Waals surface area contributed by atoms with E-state index in [0.29, 0.717) is 11.8 Å². The molecule has 2 aromatic carbocycles. The standard InChI is InChI=1S/C21H23NO2/c1-24-21-11-19(15-8-9-22-12-15)16(13-23)10-20(21)18-5-3-2-4-17(18)14-6-7-14/h2-5,10-11,13-15,22H,6-9,12H2,1H3. The molecule has 1 aliphatic heterocycles. The molecule has 2 aromatic rings. The number of hydrogen-bond donors (Lipinski definition) is 1. The summed E-state index contributed by atoms with van der Waals surface area (Å²) in [6, 6.07) is 12.6. The zero-order valence-corrected chi connectivity index (χ0v) is 14.0. The van der Waals surface area contributed by atoms with Gasteiger partial charge in [-0.15, -0.1) is 0 Å². The average molecular weight is 321 g/mol. The summed E-state index contributed by atoms with van der Waals surface area (Å²) in [5, 5.41) is 3.38. The highest BCUT2D eigenvalue weighted by Crippen LogP contribution is 2.46. The van der Waals surface area contributed by atoms with E-state index >= 15 is 0 Å². The Hall–Kier alpha value is -2.13. The number of ether oxygens (including phenoxy) is 1. The number of methoxy groups -OCH3 is 1. The van der Waals surface area contributed by atoms with Crippen molar-refractivity contribution in [1.29, 1.82) is 0 Å². The Balaban J connectivity index is 1.85. The topological polar surface area (TPSA) is 38.3 Å². The van der Waals surface area contributed by atoms with E-state index in [4.69, 9.17) is 4.74 Å². The first kappa shape index (κ1) is 15.4. The van der Waals surface area contributed by atoms with Crippen molar-refractivity contribution in [2.45, 2.75) is 31.1 Å². The van der Waals surface area contributed by atoms with Crippen LogP contribution in [0, 0.1) is 0 Å². The van der Waals surface area contributed by atoms with Crippen molar-refractivity contribution in [2.24, 2.45) is 0 Å². The van der Waals surface area contributed by atoms with E-state index in [1.165, 1.54) is 24.0 Å². The van der Waals surface area contributed by atoms with Crippen LogP contribution >= 0.6 is 0 Å². The molecule has 1 N–H and O–H groups in total. The molecule has 2 fully saturated rings. The van der Waals surface area contributed by atoms with E-state index in [9.17, 15) is 4.79 Å². The van der Waals surface area contributed by atoms with Crippen molar-refractivity contribution in [3.8, 4) is 16.9 Å². The first-order valence-corrected chi connectivity index (χ1v) is 8.79. The van der Waals surface area contributed by atoms with Crippen molar-refractivity contribution in [3.63, 3.8) is 0 Å². The highest BCUT2D eigenvalue weighted by Gasteiger charge is 2.28. The van der Waals surface area contributed by atoms with Crippen molar-refractivity contribution in [1.82, 2.24) is 5.32 Å². The number of hydrogen-bond acceptors (Lipinski definition) is 3. The summed E-state index contributed by atoms with van der Waals surface area (Å²) < 4.78 is 5.72. The third-order valence-corrected chi connectivity index (χ3v) is 5.30. The molecular formula is C21H23NO2. The van der Waals surface area contributed by atoms with Crippen LogP contribution in [0.15, 0.2) is 36.4 Å². The first-order chi connectivity index (χ1) is 11.8. The second-order valence-electron chi connectivity index (χ2n) is 6.85. The second-order valence-corrected chi connectivity index (χ2v) is 6.85. The number of aldehydes is 1. The van der Waals surface area contributed by atoms with E-state index < -0.39 is 0 Å². The first-order valence-electron chi connectivity index (χ1n) is 8.79. The minimum Gasteiger partial charge on any atom is -0.496 e. The molecule has 3 nitrogen and oxygen atoms in total. The van der Waals surface area contributed by atoms with Gasteiger partial charge < -0.3 is 10.1 Å². The monoisotopic (exact) mass is 321 g/mol. The van der Waals surface area contributed by atoms with E-state index in [1.807, 2.05) is 6.07 Å². The Labute approximate surface area is 143 Å². The Kier molecular flexibility index (Phi) is 4.11. The molecule has 1 saturated heterocycles. The predicted octanol–water partition coefficient (Wildman–Crippen LogP) is 4.13. The third-order valence-electron chi connectivity index (χ3n) is 5.30. The lowest BCUT2D eigenvalue weighted by Crippen LogP contribution is -2.10. The lowest BCUT2D eigenvalue weighted by atomic mass is 9.88. The molecule has 4 rings (SSSR count). The molecule has 0 aromatic heterocycles. The number of nitrogens with one attached hydrogen (secondary N) is 1. The SMILES string of the molecule is COc1cc(C2CCNC2)c(C=O)cc1-c1ccccc1C1CC1. The summed E-state index contributed by atoms with van der Waals surface area (Å²) in [4.78, 5) is 11.7. The third kappa shape index (κ3) is 2.73. The van der Waals surface area contributed by atoms with E-state index in [-0.39, 0.29) is 0 Å². The van der Waals surface area contributed by atoms with Crippen LogP contribution in [-0.2, 0) is 0 Å². The highest BCUT2D eigenvalue weighted by molar-refractivity contribution is 5.85. The Morgan fingerprint density at radius 2 is 1.88 bits per heavy atom. The lowest BCUT2D eigenvalue weighted by Gasteiger charge is -2.18. The summed E-state index contributed by atoms with van der Waals surface area (Å²) in [6.07, 6.45) is 4.58. The van der Waals surface area contributed by atoms with Crippen LogP contribution in [0.2, 0.25) is 0 Å². The molecule has 0 amide bonds. The van der Waals surface area contributed by atoms with Gasteiger partial charge >= 0.3 is 0 Å². The summed E-state index contributed by atoms with van der Waals surface area (Å²) in [5.74, 6) is 1.92. The van der Waals surface area contributed by atoms with Gasteiger partial charge in [0.15, 0.2) is 0 Å². The quantitative estimate of drug-likeness (QED) is 0.842. The Morgan fingerprint density at radius 1 is 1.04 bits per heavy atom. The Bertz CT molecular complexity index is 758. The molecule has 1 heterocycles. The largest absolute Gasteiger partial charge is 0.496 e. The zero-order chi connectivity index (χ0) is 16.5. The maximum Gasteiger partial charge on any atom is 0.150 e. The van der Waals surface area contributed by atoms with Crippen LogP contribution in [0.1, 0.15) is 52.6 Å². The van der Waals surface area contributed by atoms with Crippen molar-refractivity contribution in [2.75, 3.05) is 20.2 Å². The molecular weight excluding hydrogens is 298 g/mol. The van der Waals surface area contributed by atoms with Gasteiger partial charge in [-0.3, -0.25) is 4.79 Å². The number of carbonyl (C=O) groups is 1. The van der Waals surface area contributed by atoms with Crippen LogP contribution in [0.25, 0.3) is 11.1 Å². The Morgan fingerprint density at radius 3 is 2.54 bits per heavy atom. The maximum absolute atomic E-state index is 11.7. The van der Waals surface area contributed by atoms with Crippen LogP contribution < -0.4 is 10.1 Å². The molecule has 0 spiro atoms. The number of carbonyl (C=O) groups excluding carboxylic acids is 1. The predicted molar refractivity (Wildman–Crippen MR) is 96.0 cm³/mol. The fraction of sp³-hybridized carbons (Fsp3) is 0.381. The van der Waals surface area contributed by atoms with E-state index in [1.54, 1.807) is 7.11 Å². The molecule has 1 saturated carbocycles. The molecule has 0 radical (unpaired) electrons. The summed E-state index contributed by atoms with van der Waals surface area (Å²) in [7, 11) is 1.72. The number of rotatable bonds is 5. The van der Waals surface area contributed by atoms with Crippen molar-refractivity contribution >= 4 is 6.29 Å². The molecule has 1 aliphatic carbocycles. The molecule has 1 unspecified atom stereocenters. The molecule has 24 heavy (non-hydrogen) atoms. The summed E-state index contributed by atoms with van der Waals surface area (Å²) >= 11 is 0. The van der Waals surface area contributed by atoms with Gasteiger partial charge in [-0.2, -0.15) is 0 Å². The highest BCUT2D eigenvalue weighted by atomic mass is 16.5. The summed E-state index contributed by atoms with van der Waals surface area (Å²) in [6.45, 7) is 1.94. The van der Waals surface area contributed by atoms with Crippen LogP contribution in [0.3, 0.4) is 0 Å².